The minimum atomic E-state index is -0.211. The van der Waals surface area contributed by atoms with E-state index in [1.54, 1.807) is 50.6 Å². The summed E-state index contributed by atoms with van der Waals surface area (Å²) in [5.74, 6) is 1.57. The van der Waals surface area contributed by atoms with E-state index < -0.39 is 0 Å². The third-order valence-corrected chi connectivity index (χ3v) is 5.78. The number of hydrogen-bond acceptors (Lipinski definition) is 7. The molecule has 8 heteroatoms. The molecular formula is C23H21N3O4S. The van der Waals surface area contributed by atoms with Crippen LogP contribution < -0.4 is 19.1 Å². The van der Waals surface area contributed by atoms with Gasteiger partial charge in [-0.15, -0.1) is 0 Å². The molecule has 4 rings (SSSR count). The van der Waals surface area contributed by atoms with Crippen molar-refractivity contribution in [3.63, 3.8) is 0 Å². The van der Waals surface area contributed by atoms with Gasteiger partial charge >= 0.3 is 0 Å². The molecule has 0 saturated heterocycles. The van der Waals surface area contributed by atoms with Crippen molar-refractivity contribution in [2.24, 2.45) is 0 Å². The third-order valence-electron chi connectivity index (χ3n) is 4.74. The number of aromatic nitrogens is 2. The number of hydrogen-bond donors (Lipinski definition) is 0. The Kier molecular flexibility index (Phi) is 5.99. The number of benzene rings is 2. The summed E-state index contributed by atoms with van der Waals surface area (Å²) in [6, 6.07) is 16.4. The lowest BCUT2D eigenvalue weighted by molar-refractivity contribution is 0.0984. The molecule has 0 aliphatic carbocycles. The zero-order valence-corrected chi connectivity index (χ0v) is 18.2. The van der Waals surface area contributed by atoms with Gasteiger partial charge in [0.05, 0.1) is 43.8 Å². The number of ether oxygens (including phenoxy) is 3. The van der Waals surface area contributed by atoms with Crippen molar-refractivity contribution < 1.29 is 19.0 Å². The van der Waals surface area contributed by atoms with E-state index >= 15 is 0 Å². The number of pyridine rings is 1. The first-order valence-electron chi connectivity index (χ1n) is 9.51. The molecule has 0 aliphatic heterocycles. The second-order valence-corrected chi connectivity index (χ2v) is 7.62. The molecule has 0 fully saturated rings. The number of methoxy groups -OCH3 is 3. The van der Waals surface area contributed by atoms with Crippen molar-refractivity contribution >= 4 is 32.6 Å². The fourth-order valence-electron chi connectivity index (χ4n) is 3.14. The molecule has 0 spiro atoms. The van der Waals surface area contributed by atoms with E-state index in [9.17, 15) is 4.79 Å². The van der Waals surface area contributed by atoms with Crippen LogP contribution in [0.4, 0.5) is 5.13 Å². The van der Waals surface area contributed by atoms with Crippen LogP contribution in [0, 0.1) is 0 Å². The lowest BCUT2D eigenvalue weighted by atomic mass is 10.1. The van der Waals surface area contributed by atoms with Gasteiger partial charge in [0.1, 0.15) is 5.75 Å². The van der Waals surface area contributed by atoms with Crippen LogP contribution in [0.1, 0.15) is 16.1 Å². The Hall–Kier alpha value is -3.65. The maximum absolute atomic E-state index is 13.6. The number of nitrogens with zero attached hydrogens (tertiary/aromatic N) is 3. The van der Waals surface area contributed by atoms with Crippen LogP contribution >= 0.6 is 11.3 Å². The van der Waals surface area contributed by atoms with Gasteiger partial charge in [-0.05, 0) is 48.5 Å². The van der Waals surface area contributed by atoms with E-state index in [1.807, 2.05) is 36.4 Å². The molecule has 2 aromatic heterocycles. The van der Waals surface area contributed by atoms with Gasteiger partial charge in [-0.1, -0.05) is 17.4 Å². The van der Waals surface area contributed by atoms with Crippen LogP contribution in [0.3, 0.4) is 0 Å². The Morgan fingerprint density at radius 3 is 2.52 bits per heavy atom. The number of carbonyl (C=O) groups excluding carboxylic acids is 1. The van der Waals surface area contributed by atoms with Gasteiger partial charge in [0.25, 0.3) is 5.91 Å². The maximum Gasteiger partial charge on any atom is 0.260 e. The largest absolute Gasteiger partial charge is 0.497 e. The predicted octanol–water partition coefficient (Wildman–Crippen LogP) is 4.56. The number of anilines is 1. The quantitative estimate of drug-likeness (QED) is 0.424. The minimum absolute atomic E-state index is 0.211. The van der Waals surface area contributed by atoms with Crippen LogP contribution in [0.25, 0.3) is 10.2 Å². The summed E-state index contributed by atoms with van der Waals surface area (Å²) >= 11 is 1.43. The molecule has 0 bridgehead atoms. The average Bonchev–Trinajstić information content (AvgIpc) is 3.25. The molecule has 0 radical (unpaired) electrons. The standard InChI is InChI=1S/C23H21N3O4S/c1-28-17-8-9-18-21(13-17)31-23(25-18)26(14-16-6-4-5-11-24-16)22(27)15-7-10-19(29-2)20(12-15)30-3/h4-13H,14H2,1-3H3. The molecule has 1 amide bonds. The van der Waals surface area contributed by atoms with Gasteiger partial charge < -0.3 is 14.2 Å². The molecule has 0 unspecified atom stereocenters. The highest BCUT2D eigenvalue weighted by molar-refractivity contribution is 7.22. The van der Waals surface area contributed by atoms with E-state index in [1.165, 1.54) is 11.3 Å². The molecule has 7 nitrogen and oxygen atoms in total. The second-order valence-electron chi connectivity index (χ2n) is 6.61. The fraction of sp³-hybridized carbons (Fsp3) is 0.174. The van der Waals surface area contributed by atoms with Gasteiger partial charge in [0.15, 0.2) is 16.6 Å². The van der Waals surface area contributed by atoms with Gasteiger partial charge in [-0.2, -0.15) is 0 Å². The van der Waals surface area contributed by atoms with E-state index in [0.29, 0.717) is 22.2 Å². The van der Waals surface area contributed by atoms with Gasteiger partial charge in [-0.25, -0.2) is 4.98 Å². The van der Waals surface area contributed by atoms with Crippen molar-refractivity contribution in [3.05, 3.63) is 72.1 Å². The summed E-state index contributed by atoms with van der Waals surface area (Å²) in [5.41, 5.74) is 2.02. The van der Waals surface area contributed by atoms with Gasteiger partial charge in [-0.3, -0.25) is 14.7 Å². The molecular weight excluding hydrogens is 414 g/mol. The first-order valence-corrected chi connectivity index (χ1v) is 10.3. The zero-order chi connectivity index (χ0) is 21.8. The Morgan fingerprint density at radius 2 is 1.81 bits per heavy atom. The van der Waals surface area contributed by atoms with Crippen LogP contribution in [0.2, 0.25) is 0 Å². The van der Waals surface area contributed by atoms with Crippen LogP contribution in [0.5, 0.6) is 17.2 Å². The predicted molar refractivity (Wildman–Crippen MR) is 120 cm³/mol. The van der Waals surface area contributed by atoms with Crippen molar-refractivity contribution in [2.45, 2.75) is 6.54 Å². The summed E-state index contributed by atoms with van der Waals surface area (Å²) in [7, 11) is 4.72. The van der Waals surface area contributed by atoms with Crippen molar-refractivity contribution in [1.29, 1.82) is 0 Å². The summed E-state index contributed by atoms with van der Waals surface area (Å²) in [4.78, 5) is 24.3. The Bertz CT molecular complexity index is 1210. The van der Waals surface area contributed by atoms with Crippen LogP contribution in [-0.4, -0.2) is 37.2 Å². The van der Waals surface area contributed by atoms with Crippen molar-refractivity contribution in [3.8, 4) is 17.2 Å². The molecule has 0 aliphatic rings. The monoisotopic (exact) mass is 435 g/mol. The Balaban J connectivity index is 1.76. The van der Waals surface area contributed by atoms with E-state index in [0.717, 1.165) is 21.7 Å². The molecule has 2 heterocycles. The lowest BCUT2D eigenvalue weighted by Gasteiger charge is -2.20. The molecule has 0 N–H and O–H groups in total. The summed E-state index contributed by atoms with van der Waals surface area (Å²) < 4.78 is 16.9. The first kappa shape index (κ1) is 20.6. The van der Waals surface area contributed by atoms with Crippen molar-refractivity contribution in [1.82, 2.24) is 9.97 Å². The summed E-state index contributed by atoms with van der Waals surface area (Å²) in [5, 5.41) is 0.577. The van der Waals surface area contributed by atoms with E-state index in [4.69, 9.17) is 19.2 Å². The number of rotatable bonds is 7. The van der Waals surface area contributed by atoms with Gasteiger partial charge in [0.2, 0.25) is 0 Å². The fourth-order valence-corrected chi connectivity index (χ4v) is 4.13. The van der Waals surface area contributed by atoms with E-state index in [2.05, 4.69) is 4.98 Å². The maximum atomic E-state index is 13.6. The average molecular weight is 436 g/mol. The molecule has 2 aromatic carbocycles. The number of carbonyl (C=O) groups is 1. The highest BCUT2D eigenvalue weighted by Gasteiger charge is 2.23. The summed E-state index contributed by atoms with van der Waals surface area (Å²) in [6.45, 7) is 0.283. The third kappa shape index (κ3) is 4.29. The van der Waals surface area contributed by atoms with Gasteiger partial charge in [0, 0.05) is 11.8 Å². The summed E-state index contributed by atoms with van der Waals surface area (Å²) in [6.07, 6.45) is 1.71. The SMILES string of the molecule is COc1ccc2nc(N(Cc3ccccn3)C(=O)c3ccc(OC)c(OC)c3)sc2c1. The number of amides is 1. The van der Waals surface area contributed by atoms with Crippen molar-refractivity contribution in [2.75, 3.05) is 26.2 Å². The smallest absolute Gasteiger partial charge is 0.260 e. The number of fused-ring (bicyclic) bond motifs is 1. The molecule has 0 atom stereocenters. The lowest BCUT2D eigenvalue weighted by Crippen LogP contribution is -2.30. The Labute approximate surface area is 183 Å². The highest BCUT2D eigenvalue weighted by atomic mass is 32.1. The number of thiazole rings is 1. The second kappa shape index (κ2) is 9.01. The highest BCUT2D eigenvalue weighted by Crippen LogP contribution is 2.34. The minimum Gasteiger partial charge on any atom is -0.497 e. The molecule has 4 aromatic rings. The van der Waals surface area contributed by atoms with Crippen LogP contribution in [0.15, 0.2) is 60.8 Å². The molecule has 31 heavy (non-hydrogen) atoms. The zero-order valence-electron chi connectivity index (χ0n) is 17.4. The first-order chi connectivity index (χ1) is 15.1. The van der Waals surface area contributed by atoms with Crippen LogP contribution in [-0.2, 0) is 6.54 Å². The normalized spacial score (nSPS) is 10.7. The van der Waals surface area contributed by atoms with E-state index in [-0.39, 0.29) is 12.5 Å². The molecule has 158 valence electrons. The topological polar surface area (TPSA) is 73.8 Å². The Morgan fingerprint density at radius 1 is 0.968 bits per heavy atom. The molecule has 0 saturated carbocycles.